The summed E-state index contributed by atoms with van der Waals surface area (Å²) in [4.78, 5) is 2.29. The summed E-state index contributed by atoms with van der Waals surface area (Å²) in [5.41, 5.74) is 8.37. The first-order chi connectivity index (χ1) is 8.57. The van der Waals surface area contributed by atoms with Gasteiger partial charge in [-0.15, -0.1) is 0 Å². The maximum absolute atomic E-state index is 8.90. The topological polar surface area (TPSA) is 65.1 Å². The molecule has 1 aromatic carbocycles. The molecular weight excluding hydrogens is 224 g/mol. The van der Waals surface area contributed by atoms with Gasteiger partial charge in [0.05, 0.1) is 23.0 Å². The molecule has 0 heterocycles. The van der Waals surface area contributed by atoms with Crippen LogP contribution in [0.25, 0.3) is 0 Å². The number of nitrogen functional groups attached to an aromatic ring is 1. The summed E-state index contributed by atoms with van der Waals surface area (Å²) in [6.45, 7) is 0.874. The summed E-state index contributed by atoms with van der Waals surface area (Å²) in [5.74, 6) is 0. The molecule has 2 rings (SSSR count). The molecule has 0 amide bonds. The second-order valence-corrected chi connectivity index (χ2v) is 5.24. The summed E-state index contributed by atoms with van der Waals surface area (Å²) in [7, 11) is 4.24. The largest absolute Gasteiger partial charge is 0.397 e. The van der Waals surface area contributed by atoms with E-state index >= 15 is 0 Å². The number of hydrogen-bond acceptors (Lipinski definition) is 4. The third-order valence-corrected chi connectivity index (χ3v) is 4.02. The van der Waals surface area contributed by atoms with Crippen LogP contribution >= 0.6 is 0 Å². The monoisotopic (exact) mass is 244 g/mol. The van der Waals surface area contributed by atoms with Gasteiger partial charge < -0.3 is 16.0 Å². The molecule has 3 N–H and O–H groups in total. The van der Waals surface area contributed by atoms with Crippen LogP contribution in [0.2, 0.25) is 0 Å². The van der Waals surface area contributed by atoms with Crippen LogP contribution in [0, 0.1) is 11.3 Å². The average Bonchev–Trinajstić information content (AvgIpc) is 2.29. The summed E-state index contributed by atoms with van der Waals surface area (Å²) >= 11 is 0. The molecule has 0 saturated heterocycles. The lowest BCUT2D eigenvalue weighted by Crippen LogP contribution is -2.54. The third kappa shape index (κ3) is 2.27. The van der Waals surface area contributed by atoms with E-state index in [1.807, 2.05) is 6.07 Å². The lowest BCUT2D eigenvalue weighted by molar-refractivity contribution is 0.0739. The van der Waals surface area contributed by atoms with E-state index < -0.39 is 0 Å². The molecule has 1 aliphatic rings. The molecule has 96 valence electrons. The van der Waals surface area contributed by atoms with Crippen LogP contribution in [-0.4, -0.2) is 31.1 Å². The van der Waals surface area contributed by atoms with Crippen molar-refractivity contribution >= 4 is 11.4 Å². The molecule has 1 aliphatic carbocycles. The van der Waals surface area contributed by atoms with Gasteiger partial charge in [-0.3, -0.25) is 0 Å². The molecule has 4 heteroatoms. The molecule has 1 aromatic rings. The normalized spacial score (nSPS) is 17.0. The minimum atomic E-state index is 0.245. The van der Waals surface area contributed by atoms with E-state index in [2.05, 4.69) is 30.4 Å². The predicted molar refractivity (Wildman–Crippen MR) is 74.3 cm³/mol. The van der Waals surface area contributed by atoms with Crippen molar-refractivity contribution in [2.75, 3.05) is 31.7 Å². The van der Waals surface area contributed by atoms with E-state index in [0.29, 0.717) is 11.3 Å². The zero-order valence-electron chi connectivity index (χ0n) is 11.0. The van der Waals surface area contributed by atoms with Crippen LogP contribution in [0.1, 0.15) is 24.8 Å². The van der Waals surface area contributed by atoms with Crippen molar-refractivity contribution in [3.63, 3.8) is 0 Å². The Morgan fingerprint density at radius 1 is 1.44 bits per heavy atom. The zero-order valence-corrected chi connectivity index (χ0v) is 11.0. The van der Waals surface area contributed by atoms with Gasteiger partial charge >= 0.3 is 0 Å². The summed E-state index contributed by atoms with van der Waals surface area (Å²) in [5, 5.41) is 12.3. The molecule has 0 aliphatic heterocycles. The second-order valence-electron chi connectivity index (χ2n) is 5.24. The number of nitrogens with two attached hydrogens (primary N) is 1. The SMILES string of the molecule is CN(C)C1(CNc2cc(C#N)ccc2N)CCC1. The van der Waals surface area contributed by atoms with E-state index in [0.717, 1.165) is 12.2 Å². The van der Waals surface area contributed by atoms with Gasteiger partial charge in [0, 0.05) is 12.1 Å². The molecular formula is C14H20N4. The Balaban J connectivity index is 2.08. The van der Waals surface area contributed by atoms with Crippen molar-refractivity contribution in [1.29, 1.82) is 5.26 Å². The Bertz CT molecular complexity index is 469. The van der Waals surface area contributed by atoms with Gasteiger partial charge in [0.25, 0.3) is 0 Å². The van der Waals surface area contributed by atoms with Gasteiger partial charge in [0.1, 0.15) is 0 Å². The highest BCUT2D eigenvalue weighted by Gasteiger charge is 2.38. The highest BCUT2D eigenvalue weighted by molar-refractivity contribution is 5.68. The summed E-state index contributed by atoms with van der Waals surface area (Å²) in [6, 6.07) is 7.48. The van der Waals surface area contributed by atoms with Gasteiger partial charge in [-0.2, -0.15) is 5.26 Å². The molecule has 1 saturated carbocycles. The fourth-order valence-corrected chi connectivity index (χ4v) is 2.41. The van der Waals surface area contributed by atoms with Crippen LogP contribution in [0.15, 0.2) is 18.2 Å². The van der Waals surface area contributed by atoms with E-state index in [1.165, 1.54) is 19.3 Å². The van der Waals surface area contributed by atoms with Crippen LogP contribution in [0.4, 0.5) is 11.4 Å². The average molecular weight is 244 g/mol. The minimum Gasteiger partial charge on any atom is -0.397 e. The van der Waals surface area contributed by atoms with Crippen molar-refractivity contribution in [1.82, 2.24) is 4.90 Å². The van der Waals surface area contributed by atoms with Crippen LogP contribution in [0.3, 0.4) is 0 Å². The highest BCUT2D eigenvalue weighted by Crippen LogP contribution is 2.36. The van der Waals surface area contributed by atoms with Crippen LogP contribution in [0.5, 0.6) is 0 Å². The smallest absolute Gasteiger partial charge is 0.0992 e. The summed E-state index contributed by atoms with van der Waals surface area (Å²) < 4.78 is 0. The quantitative estimate of drug-likeness (QED) is 0.795. The van der Waals surface area contributed by atoms with Gasteiger partial charge in [0.2, 0.25) is 0 Å². The lowest BCUT2D eigenvalue weighted by atomic mass is 9.75. The van der Waals surface area contributed by atoms with Gasteiger partial charge in [0.15, 0.2) is 0 Å². The molecule has 1 fully saturated rings. The number of nitrogens with one attached hydrogen (secondary N) is 1. The Morgan fingerprint density at radius 2 is 2.17 bits per heavy atom. The van der Waals surface area contributed by atoms with E-state index in [-0.39, 0.29) is 5.54 Å². The van der Waals surface area contributed by atoms with E-state index in [9.17, 15) is 0 Å². The lowest BCUT2D eigenvalue weighted by Gasteiger charge is -2.47. The Hall–Kier alpha value is -1.73. The zero-order chi connectivity index (χ0) is 13.2. The number of nitrogens with zero attached hydrogens (tertiary/aromatic N) is 2. The first-order valence-corrected chi connectivity index (χ1v) is 6.28. The number of benzene rings is 1. The molecule has 0 spiro atoms. The molecule has 0 atom stereocenters. The van der Waals surface area contributed by atoms with E-state index in [4.69, 9.17) is 11.0 Å². The molecule has 0 bridgehead atoms. The van der Waals surface area contributed by atoms with Crippen molar-refractivity contribution in [2.45, 2.75) is 24.8 Å². The fourth-order valence-electron chi connectivity index (χ4n) is 2.41. The highest BCUT2D eigenvalue weighted by atomic mass is 15.2. The standard InChI is InChI=1S/C14H20N4/c1-18(2)14(6-3-7-14)10-17-13-8-11(9-15)4-5-12(13)16/h4-5,8,17H,3,6-7,10,16H2,1-2H3. The fraction of sp³-hybridized carbons (Fsp3) is 0.500. The Morgan fingerprint density at radius 3 is 2.67 bits per heavy atom. The van der Waals surface area contributed by atoms with Gasteiger partial charge in [-0.05, 0) is 51.6 Å². The van der Waals surface area contributed by atoms with Crippen LogP contribution in [-0.2, 0) is 0 Å². The Kier molecular flexibility index (Phi) is 3.44. The van der Waals surface area contributed by atoms with Gasteiger partial charge in [-0.1, -0.05) is 0 Å². The van der Waals surface area contributed by atoms with Crippen molar-refractivity contribution in [3.8, 4) is 6.07 Å². The van der Waals surface area contributed by atoms with E-state index in [1.54, 1.807) is 12.1 Å². The molecule has 4 nitrogen and oxygen atoms in total. The number of likely N-dealkylation sites (N-methyl/N-ethyl adjacent to an activating group) is 1. The maximum atomic E-state index is 8.90. The van der Waals surface area contributed by atoms with Crippen molar-refractivity contribution < 1.29 is 0 Å². The molecule has 0 aromatic heterocycles. The number of nitriles is 1. The number of rotatable bonds is 4. The van der Waals surface area contributed by atoms with Crippen molar-refractivity contribution in [3.05, 3.63) is 23.8 Å². The van der Waals surface area contributed by atoms with Crippen molar-refractivity contribution in [2.24, 2.45) is 0 Å². The molecule has 18 heavy (non-hydrogen) atoms. The third-order valence-electron chi connectivity index (χ3n) is 4.02. The predicted octanol–water partition coefficient (Wildman–Crippen LogP) is 2.04. The Labute approximate surface area is 108 Å². The van der Waals surface area contributed by atoms with Gasteiger partial charge in [-0.25, -0.2) is 0 Å². The maximum Gasteiger partial charge on any atom is 0.0992 e. The minimum absolute atomic E-state index is 0.245. The summed E-state index contributed by atoms with van der Waals surface area (Å²) in [6.07, 6.45) is 3.71. The number of anilines is 2. The second kappa shape index (κ2) is 4.87. The van der Waals surface area contributed by atoms with Crippen LogP contribution < -0.4 is 11.1 Å². The number of hydrogen-bond donors (Lipinski definition) is 2. The molecule has 0 radical (unpaired) electrons. The first kappa shape index (κ1) is 12.7. The molecule has 0 unspecified atom stereocenters. The first-order valence-electron chi connectivity index (χ1n) is 6.28.